The molecule has 1 saturated heterocycles. The van der Waals surface area contributed by atoms with E-state index in [1.165, 1.54) is 6.92 Å². The third-order valence-corrected chi connectivity index (χ3v) is 4.38. The molecule has 2 amide bonds. The zero-order chi connectivity index (χ0) is 16.4. The third-order valence-electron chi connectivity index (χ3n) is 4.38. The number of amides is 2. The molecule has 2 atom stereocenters. The van der Waals surface area contributed by atoms with Crippen molar-refractivity contribution in [2.75, 3.05) is 19.8 Å². The molecule has 2 heterocycles. The number of nitrogens with one attached hydrogen (secondary N) is 1. The fourth-order valence-electron chi connectivity index (χ4n) is 3.14. The largest absolute Gasteiger partial charge is 0.486 e. The second-order valence-electron chi connectivity index (χ2n) is 6.00. The molecule has 0 bridgehead atoms. The second-order valence-corrected chi connectivity index (χ2v) is 6.00. The van der Waals surface area contributed by atoms with E-state index in [1.807, 2.05) is 25.1 Å². The summed E-state index contributed by atoms with van der Waals surface area (Å²) in [5.41, 5.74) is 0.954. The van der Waals surface area contributed by atoms with Crippen LogP contribution in [-0.2, 0) is 9.59 Å². The average molecular weight is 318 g/mol. The second kappa shape index (κ2) is 6.48. The van der Waals surface area contributed by atoms with Crippen LogP contribution in [0.4, 0.5) is 0 Å². The number of rotatable bonds is 3. The molecule has 23 heavy (non-hydrogen) atoms. The highest BCUT2D eigenvalue weighted by molar-refractivity contribution is 5.87. The van der Waals surface area contributed by atoms with Crippen molar-refractivity contribution in [3.8, 4) is 11.5 Å². The van der Waals surface area contributed by atoms with Gasteiger partial charge in [-0.2, -0.15) is 0 Å². The van der Waals surface area contributed by atoms with E-state index < -0.39 is 0 Å². The van der Waals surface area contributed by atoms with Gasteiger partial charge in [0.05, 0.1) is 6.04 Å². The van der Waals surface area contributed by atoms with Crippen LogP contribution in [-0.4, -0.2) is 42.5 Å². The number of benzene rings is 1. The first-order chi connectivity index (χ1) is 11.1. The molecule has 0 aromatic heterocycles. The first kappa shape index (κ1) is 15.6. The van der Waals surface area contributed by atoms with E-state index in [-0.39, 0.29) is 23.9 Å². The number of ether oxygens (including phenoxy) is 2. The van der Waals surface area contributed by atoms with Crippen molar-refractivity contribution in [3.63, 3.8) is 0 Å². The lowest BCUT2D eigenvalue weighted by Crippen LogP contribution is -2.45. The molecule has 0 saturated carbocycles. The molecule has 0 spiro atoms. The Hall–Kier alpha value is -2.24. The third kappa shape index (κ3) is 3.25. The fraction of sp³-hybridized carbons (Fsp3) is 0.529. The topological polar surface area (TPSA) is 67.9 Å². The van der Waals surface area contributed by atoms with Gasteiger partial charge in [0.15, 0.2) is 11.5 Å². The first-order valence-electron chi connectivity index (χ1n) is 8.03. The Kier molecular flexibility index (Phi) is 4.41. The smallest absolute Gasteiger partial charge is 0.243 e. The monoisotopic (exact) mass is 318 g/mol. The number of fused-ring (bicyclic) bond motifs is 1. The van der Waals surface area contributed by atoms with Gasteiger partial charge >= 0.3 is 0 Å². The van der Waals surface area contributed by atoms with Gasteiger partial charge in [-0.05, 0) is 37.5 Å². The lowest BCUT2D eigenvalue weighted by Gasteiger charge is -2.25. The van der Waals surface area contributed by atoms with Crippen molar-refractivity contribution in [2.24, 2.45) is 0 Å². The molecule has 1 aromatic carbocycles. The molecule has 2 aliphatic rings. The molecule has 6 nitrogen and oxygen atoms in total. The molecule has 1 N–H and O–H groups in total. The molecule has 0 radical (unpaired) electrons. The van der Waals surface area contributed by atoms with Gasteiger partial charge in [-0.3, -0.25) is 9.59 Å². The highest BCUT2D eigenvalue weighted by Gasteiger charge is 2.33. The number of likely N-dealkylation sites (tertiary alicyclic amines) is 1. The van der Waals surface area contributed by atoms with Crippen LogP contribution in [0.15, 0.2) is 18.2 Å². The fourth-order valence-corrected chi connectivity index (χ4v) is 3.14. The SMILES string of the molecule is CC(=O)N1CCC[C@H]1C(=O)NC(C)c1ccc2c(c1)OCCO2. The normalized spacial score (nSPS) is 21.0. The van der Waals surface area contributed by atoms with E-state index in [4.69, 9.17) is 9.47 Å². The van der Waals surface area contributed by atoms with Gasteiger partial charge in [-0.1, -0.05) is 6.07 Å². The standard InChI is InChI=1S/C17H22N2O4/c1-11(13-5-6-15-16(10-13)23-9-8-22-15)18-17(21)14-4-3-7-19(14)12(2)20/h5-6,10-11,14H,3-4,7-9H2,1-2H3,(H,18,21)/t11?,14-/m0/s1. The summed E-state index contributed by atoms with van der Waals surface area (Å²) in [6.45, 7) is 5.19. The van der Waals surface area contributed by atoms with Gasteiger partial charge in [-0.15, -0.1) is 0 Å². The Morgan fingerprint density at radius 2 is 2.00 bits per heavy atom. The van der Waals surface area contributed by atoms with Crippen LogP contribution < -0.4 is 14.8 Å². The lowest BCUT2D eigenvalue weighted by atomic mass is 10.1. The predicted octanol–water partition coefficient (Wildman–Crippen LogP) is 1.65. The number of nitrogens with zero attached hydrogens (tertiary/aromatic N) is 1. The number of carbonyl (C=O) groups excluding carboxylic acids is 2. The molecule has 124 valence electrons. The molecule has 1 unspecified atom stereocenters. The molecule has 0 aliphatic carbocycles. The minimum absolute atomic E-state index is 0.0466. The van der Waals surface area contributed by atoms with E-state index in [9.17, 15) is 9.59 Å². The summed E-state index contributed by atoms with van der Waals surface area (Å²) in [5.74, 6) is 1.30. The van der Waals surface area contributed by atoms with Crippen molar-refractivity contribution in [3.05, 3.63) is 23.8 Å². The Labute approximate surface area is 135 Å². The van der Waals surface area contributed by atoms with Crippen molar-refractivity contribution in [1.29, 1.82) is 0 Å². The van der Waals surface area contributed by atoms with Gasteiger partial charge in [0.25, 0.3) is 0 Å². The summed E-state index contributed by atoms with van der Waals surface area (Å²) < 4.78 is 11.1. The molecular weight excluding hydrogens is 296 g/mol. The van der Waals surface area contributed by atoms with Crippen molar-refractivity contribution in [2.45, 2.75) is 38.8 Å². The van der Waals surface area contributed by atoms with Crippen LogP contribution in [0.3, 0.4) is 0 Å². The van der Waals surface area contributed by atoms with Crippen LogP contribution in [0.5, 0.6) is 11.5 Å². The Morgan fingerprint density at radius 1 is 1.26 bits per heavy atom. The zero-order valence-corrected chi connectivity index (χ0v) is 13.5. The van der Waals surface area contributed by atoms with Crippen LogP contribution >= 0.6 is 0 Å². The highest BCUT2D eigenvalue weighted by Crippen LogP contribution is 2.32. The predicted molar refractivity (Wildman–Crippen MR) is 84.4 cm³/mol. The quantitative estimate of drug-likeness (QED) is 0.920. The summed E-state index contributed by atoms with van der Waals surface area (Å²) in [4.78, 5) is 25.7. The van der Waals surface area contributed by atoms with Crippen LogP contribution in [0, 0.1) is 0 Å². The molecule has 6 heteroatoms. The molecule has 1 aromatic rings. The molecular formula is C17H22N2O4. The van der Waals surface area contributed by atoms with Gasteiger partial charge in [-0.25, -0.2) is 0 Å². The van der Waals surface area contributed by atoms with Crippen molar-refractivity contribution >= 4 is 11.8 Å². The van der Waals surface area contributed by atoms with Crippen molar-refractivity contribution < 1.29 is 19.1 Å². The van der Waals surface area contributed by atoms with Crippen LogP contribution in [0.25, 0.3) is 0 Å². The summed E-state index contributed by atoms with van der Waals surface area (Å²) in [6.07, 6.45) is 1.59. The van der Waals surface area contributed by atoms with Gasteiger partial charge in [0, 0.05) is 13.5 Å². The van der Waals surface area contributed by atoms with E-state index in [0.29, 0.717) is 25.5 Å². The average Bonchev–Trinajstić information content (AvgIpc) is 3.04. The van der Waals surface area contributed by atoms with Gasteiger partial charge in [0.2, 0.25) is 11.8 Å². The van der Waals surface area contributed by atoms with Crippen molar-refractivity contribution in [1.82, 2.24) is 10.2 Å². The zero-order valence-electron chi connectivity index (χ0n) is 13.5. The maximum absolute atomic E-state index is 12.5. The van der Waals surface area contributed by atoms with Crippen LogP contribution in [0.2, 0.25) is 0 Å². The molecule has 2 aliphatic heterocycles. The molecule has 3 rings (SSSR count). The number of hydrogen-bond acceptors (Lipinski definition) is 4. The van der Waals surface area contributed by atoms with Gasteiger partial charge < -0.3 is 19.7 Å². The van der Waals surface area contributed by atoms with E-state index in [0.717, 1.165) is 24.2 Å². The Bertz CT molecular complexity index is 617. The summed E-state index contributed by atoms with van der Waals surface area (Å²) in [7, 11) is 0. The van der Waals surface area contributed by atoms with Gasteiger partial charge in [0.1, 0.15) is 19.3 Å². The van der Waals surface area contributed by atoms with E-state index in [1.54, 1.807) is 4.90 Å². The maximum atomic E-state index is 12.5. The summed E-state index contributed by atoms with van der Waals surface area (Å²) in [6, 6.07) is 5.18. The minimum atomic E-state index is -0.354. The number of carbonyl (C=O) groups is 2. The lowest BCUT2D eigenvalue weighted by molar-refractivity contribution is -0.137. The summed E-state index contributed by atoms with van der Waals surface area (Å²) in [5, 5.41) is 3.00. The highest BCUT2D eigenvalue weighted by atomic mass is 16.6. The number of hydrogen-bond donors (Lipinski definition) is 1. The minimum Gasteiger partial charge on any atom is -0.486 e. The molecule has 1 fully saturated rings. The van der Waals surface area contributed by atoms with E-state index >= 15 is 0 Å². The Morgan fingerprint density at radius 3 is 2.74 bits per heavy atom. The first-order valence-corrected chi connectivity index (χ1v) is 8.03. The summed E-state index contributed by atoms with van der Waals surface area (Å²) >= 11 is 0. The van der Waals surface area contributed by atoms with E-state index in [2.05, 4.69) is 5.32 Å². The van der Waals surface area contributed by atoms with Crippen LogP contribution in [0.1, 0.15) is 38.3 Å². The maximum Gasteiger partial charge on any atom is 0.243 e. The Balaban J connectivity index is 1.68.